The molecule has 4 rings (SSSR count). The zero-order chi connectivity index (χ0) is 18.3. The predicted molar refractivity (Wildman–Crippen MR) is 99.1 cm³/mol. The summed E-state index contributed by atoms with van der Waals surface area (Å²) in [6, 6.07) is 8.76. The molecule has 2 aromatic carbocycles. The standard InChI is InChI=1S/C21H20O5/c1-3-5-12-8-14-18(10-15(12)22)26-16(4-2)20(21(14)23)13-6-7-17-19(9-13)25-11-24-17/h6-10,22H,3-5,11H2,1-2H3. The lowest BCUT2D eigenvalue weighted by Gasteiger charge is -2.11. The molecular formula is C21H20O5. The van der Waals surface area contributed by atoms with Crippen LogP contribution in [0.5, 0.6) is 17.2 Å². The van der Waals surface area contributed by atoms with Gasteiger partial charge in [0, 0.05) is 12.5 Å². The lowest BCUT2D eigenvalue weighted by Crippen LogP contribution is -2.09. The quantitative estimate of drug-likeness (QED) is 0.753. The molecule has 0 unspecified atom stereocenters. The first-order valence-electron chi connectivity index (χ1n) is 8.84. The van der Waals surface area contributed by atoms with E-state index in [9.17, 15) is 9.90 Å². The Kier molecular flexibility index (Phi) is 4.07. The van der Waals surface area contributed by atoms with E-state index in [1.54, 1.807) is 18.2 Å². The highest BCUT2D eigenvalue weighted by atomic mass is 16.7. The van der Waals surface area contributed by atoms with Gasteiger partial charge in [-0.1, -0.05) is 26.3 Å². The summed E-state index contributed by atoms with van der Waals surface area (Å²) in [6.07, 6.45) is 2.15. The van der Waals surface area contributed by atoms with Crippen LogP contribution in [0.2, 0.25) is 0 Å². The van der Waals surface area contributed by atoms with Crippen molar-refractivity contribution in [2.45, 2.75) is 33.1 Å². The summed E-state index contributed by atoms with van der Waals surface area (Å²) in [5, 5.41) is 10.7. The highest BCUT2D eigenvalue weighted by molar-refractivity contribution is 5.85. The van der Waals surface area contributed by atoms with Crippen molar-refractivity contribution >= 4 is 11.0 Å². The fourth-order valence-corrected chi connectivity index (χ4v) is 3.38. The summed E-state index contributed by atoms with van der Waals surface area (Å²) < 4.78 is 16.8. The summed E-state index contributed by atoms with van der Waals surface area (Å²) in [4.78, 5) is 13.3. The minimum Gasteiger partial charge on any atom is -0.508 e. The van der Waals surface area contributed by atoms with Crippen molar-refractivity contribution in [3.8, 4) is 28.4 Å². The van der Waals surface area contributed by atoms with Crippen LogP contribution in [-0.2, 0) is 12.8 Å². The van der Waals surface area contributed by atoms with E-state index in [0.717, 1.165) is 17.5 Å². The lowest BCUT2D eigenvalue weighted by molar-refractivity contribution is 0.174. The molecule has 0 bridgehead atoms. The van der Waals surface area contributed by atoms with Crippen LogP contribution in [0.25, 0.3) is 22.1 Å². The molecule has 1 N–H and O–H groups in total. The van der Waals surface area contributed by atoms with Crippen LogP contribution in [0.1, 0.15) is 31.6 Å². The Balaban J connectivity index is 1.97. The number of aryl methyl sites for hydroxylation is 2. The van der Waals surface area contributed by atoms with Crippen molar-refractivity contribution in [3.63, 3.8) is 0 Å². The van der Waals surface area contributed by atoms with E-state index in [-0.39, 0.29) is 18.0 Å². The van der Waals surface area contributed by atoms with Gasteiger partial charge in [0.1, 0.15) is 17.1 Å². The molecule has 0 saturated heterocycles. The van der Waals surface area contributed by atoms with Gasteiger partial charge in [0.05, 0.1) is 10.9 Å². The lowest BCUT2D eigenvalue weighted by atomic mass is 9.99. The maximum atomic E-state index is 13.3. The first-order valence-corrected chi connectivity index (χ1v) is 8.84. The van der Waals surface area contributed by atoms with Gasteiger partial charge in [-0.25, -0.2) is 0 Å². The van der Waals surface area contributed by atoms with Crippen molar-refractivity contribution in [2.75, 3.05) is 6.79 Å². The normalized spacial score (nSPS) is 12.7. The number of benzene rings is 2. The summed E-state index contributed by atoms with van der Waals surface area (Å²) in [6.45, 7) is 4.15. The smallest absolute Gasteiger partial charge is 0.231 e. The second kappa shape index (κ2) is 6.41. The van der Waals surface area contributed by atoms with Crippen molar-refractivity contribution < 1.29 is 19.0 Å². The van der Waals surface area contributed by atoms with E-state index in [1.807, 2.05) is 26.0 Å². The Bertz CT molecular complexity index is 1050. The van der Waals surface area contributed by atoms with Gasteiger partial charge < -0.3 is 19.0 Å². The SMILES string of the molecule is CCCc1cc2c(=O)c(-c3ccc4c(c3)OCO4)c(CC)oc2cc1O. The minimum atomic E-state index is -0.0979. The van der Waals surface area contributed by atoms with E-state index in [1.165, 1.54) is 0 Å². The second-order valence-electron chi connectivity index (χ2n) is 6.38. The number of hydrogen-bond acceptors (Lipinski definition) is 5. The Labute approximate surface area is 150 Å². The van der Waals surface area contributed by atoms with Crippen molar-refractivity contribution in [3.05, 3.63) is 51.9 Å². The van der Waals surface area contributed by atoms with Crippen molar-refractivity contribution in [1.29, 1.82) is 0 Å². The minimum absolute atomic E-state index is 0.0979. The van der Waals surface area contributed by atoms with Crippen LogP contribution < -0.4 is 14.9 Å². The third-order valence-corrected chi connectivity index (χ3v) is 4.67. The third-order valence-electron chi connectivity index (χ3n) is 4.67. The molecule has 1 aromatic heterocycles. The molecule has 0 atom stereocenters. The molecule has 26 heavy (non-hydrogen) atoms. The zero-order valence-electron chi connectivity index (χ0n) is 14.8. The Morgan fingerprint density at radius 1 is 1.08 bits per heavy atom. The predicted octanol–water partition coefficient (Wildman–Crippen LogP) is 4.41. The van der Waals surface area contributed by atoms with E-state index < -0.39 is 0 Å². The van der Waals surface area contributed by atoms with E-state index >= 15 is 0 Å². The molecule has 1 aliphatic heterocycles. The monoisotopic (exact) mass is 352 g/mol. The number of rotatable bonds is 4. The second-order valence-corrected chi connectivity index (χ2v) is 6.38. The molecule has 1 aliphatic rings. The molecule has 5 nitrogen and oxygen atoms in total. The van der Waals surface area contributed by atoms with Crippen LogP contribution >= 0.6 is 0 Å². The van der Waals surface area contributed by atoms with E-state index in [0.29, 0.717) is 46.6 Å². The Morgan fingerprint density at radius 2 is 1.88 bits per heavy atom. The van der Waals surface area contributed by atoms with Gasteiger partial charge in [-0.3, -0.25) is 4.79 Å². The molecule has 0 radical (unpaired) electrons. The number of phenols is 1. The zero-order valence-corrected chi connectivity index (χ0v) is 14.8. The third kappa shape index (κ3) is 2.60. The number of hydrogen-bond donors (Lipinski definition) is 1. The van der Waals surface area contributed by atoms with Crippen LogP contribution in [0, 0.1) is 0 Å². The summed E-state index contributed by atoms with van der Waals surface area (Å²) in [5.74, 6) is 2.05. The van der Waals surface area contributed by atoms with Gasteiger partial charge in [0.15, 0.2) is 11.5 Å². The molecule has 0 fully saturated rings. The average molecular weight is 352 g/mol. The van der Waals surface area contributed by atoms with Gasteiger partial charge in [-0.05, 0) is 35.7 Å². The summed E-state index contributed by atoms with van der Waals surface area (Å²) in [5.41, 5.74) is 2.35. The first kappa shape index (κ1) is 16.5. The molecule has 2 heterocycles. The van der Waals surface area contributed by atoms with Crippen LogP contribution in [0.15, 0.2) is 39.5 Å². The fourth-order valence-electron chi connectivity index (χ4n) is 3.38. The van der Waals surface area contributed by atoms with E-state index in [4.69, 9.17) is 13.9 Å². The number of ether oxygens (including phenoxy) is 2. The molecule has 0 amide bonds. The topological polar surface area (TPSA) is 68.9 Å². The molecule has 5 heteroatoms. The number of aromatic hydroxyl groups is 1. The average Bonchev–Trinajstić information content (AvgIpc) is 3.10. The molecule has 3 aromatic rings. The fraction of sp³-hybridized carbons (Fsp3) is 0.286. The molecule has 0 aliphatic carbocycles. The van der Waals surface area contributed by atoms with Gasteiger partial charge in [0.25, 0.3) is 0 Å². The largest absolute Gasteiger partial charge is 0.508 e. The van der Waals surface area contributed by atoms with Crippen LogP contribution in [-0.4, -0.2) is 11.9 Å². The molecular weight excluding hydrogens is 332 g/mol. The Morgan fingerprint density at radius 3 is 2.65 bits per heavy atom. The highest BCUT2D eigenvalue weighted by Gasteiger charge is 2.20. The number of fused-ring (bicyclic) bond motifs is 2. The molecule has 134 valence electrons. The van der Waals surface area contributed by atoms with E-state index in [2.05, 4.69) is 0 Å². The van der Waals surface area contributed by atoms with Crippen LogP contribution in [0.3, 0.4) is 0 Å². The van der Waals surface area contributed by atoms with Gasteiger partial charge >= 0.3 is 0 Å². The highest BCUT2D eigenvalue weighted by Crippen LogP contribution is 2.37. The maximum Gasteiger partial charge on any atom is 0.231 e. The summed E-state index contributed by atoms with van der Waals surface area (Å²) >= 11 is 0. The number of phenolic OH excluding ortho intramolecular Hbond substituents is 1. The molecule has 0 spiro atoms. The van der Waals surface area contributed by atoms with Gasteiger partial charge in [0.2, 0.25) is 12.2 Å². The maximum absolute atomic E-state index is 13.3. The van der Waals surface area contributed by atoms with Crippen molar-refractivity contribution in [2.24, 2.45) is 0 Å². The molecule has 0 saturated carbocycles. The first-order chi connectivity index (χ1) is 12.6. The Hall–Kier alpha value is -2.95. The summed E-state index contributed by atoms with van der Waals surface area (Å²) in [7, 11) is 0. The van der Waals surface area contributed by atoms with Crippen molar-refractivity contribution in [1.82, 2.24) is 0 Å². The van der Waals surface area contributed by atoms with Gasteiger partial charge in [-0.15, -0.1) is 0 Å². The van der Waals surface area contributed by atoms with Crippen LogP contribution in [0.4, 0.5) is 0 Å². The van der Waals surface area contributed by atoms with Gasteiger partial charge in [-0.2, -0.15) is 0 Å².